The Kier molecular flexibility index (Phi) is 13.2. The fourth-order valence-corrected chi connectivity index (χ4v) is 1.99. The van der Waals surface area contributed by atoms with E-state index < -0.39 is 0 Å². The highest BCUT2D eigenvalue weighted by Gasteiger charge is 1.98. The lowest BCUT2D eigenvalue weighted by Gasteiger charge is -2.12. The van der Waals surface area contributed by atoms with Crippen molar-refractivity contribution in [2.45, 2.75) is 71.9 Å². The maximum atomic E-state index is 3.57. The predicted molar refractivity (Wildman–Crippen MR) is 82.2 cm³/mol. The molecule has 18 heavy (non-hydrogen) atoms. The van der Waals surface area contributed by atoms with Crippen molar-refractivity contribution in [3.05, 3.63) is 0 Å². The standard InChI is InChI=1S/C15H35N3/c1-5-9-15(4)18-12-7-6-10-16-11-8-13-17-14(2)3/h14-18H,5-13H2,1-4H3. The van der Waals surface area contributed by atoms with E-state index in [4.69, 9.17) is 0 Å². The molecule has 0 amide bonds. The van der Waals surface area contributed by atoms with Gasteiger partial charge in [0.05, 0.1) is 0 Å². The van der Waals surface area contributed by atoms with Crippen LogP contribution in [0.3, 0.4) is 0 Å². The summed E-state index contributed by atoms with van der Waals surface area (Å²) >= 11 is 0. The Morgan fingerprint density at radius 1 is 0.778 bits per heavy atom. The highest BCUT2D eigenvalue weighted by atomic mass is 14.9. The van der Waals surface area contributed by atoms with Crippen LogP contribution in [0.1, 0.15) is 59.8 Å². The van der Waals surface area contributed by atoms with Gasteiger partial charge in [0.25, 0.3) is 0 Å². The van der Waals surface area contributed by atoms with Gasteiger partial charge in [-0.05, 0) is 58.8 Å². The van der Waals surface area contributed by atoms with Crippen molar-refractivity contribution >= 4 is 0 Å². The van der Waals surface area contributed by atoms with Crippen molar-refractivity contribution < 1.29 is 0 Å². The second kappa shape index (κ2) is 13.3. The summed E-state index contributed by atoms with van der Waals surface area (Å²) < 4.78 is 0. The van der Waals surface area contributed by atoms with E-state index in [0.29, 0.717) is 12.1 Å². The number of nitrogens with one attached hydrogen (secondary N) is 3. The maximum Gasteiger partial charge on any atom is 0.00386 e. The molecule has 3 heteroatoms. The molecule has 110 valence electrons. The summed E-state index contributed by atoms with van der Waals surface area (Å²) in [4.78, 5) is 0. The molecule has 3 N–H and O–H groups in total. The molecule has 0 aromatic rings. The molecule has 0 heterocycles. The normalized spacial score (nSPS) is 13.2. The average molecular weight is 257 g/mol. The summed E-state index contributed by atoms with van der Waals surface area (Å²) in [5, 5.41) is 10.5. The van der Waals surface area contributed by atoms with Gasteiger partial charge in [0.2, 0.25) is 0 Å². The molecule has 1 atom stereocenters. The molecule has 0 bridgehead atoms. The second-order valence-corrected chi connectivity index (χ2v) is 5.56. The highest BCUT2D eigenvalue weighted by Crippen LogP contribution is 1.95. The Morgan fingerprint density at radius 3 is 2.06 bits per heavy atom. The minimum atomic E-state index is 0.612. The second-order valence-electron chi connectivity index (χ2n) is 5.56. The fraction of sp³-hybridized carbons (Fsp3) is 1.00. The van der Waals surface area contributed by atoms with Crippen molar-refractivity contribution in [3.8, 4) is 0 Å². The van der Waals surface area contributed by atoms with Gasteiger partial charge in [0.15, 0.2) is 0 Å². The summed E-state index contributed by atoms with van der Waals surface area (Å²) in [6, 6.07) is 1.30. The molecule has 0 aliphatic carbocycles. The SMILES string of the molecule is CCCC(C)NCCCCNCCCNC(C)C. The van der Waals surface area contributed by atoms with Crippen LogP contribution in [-0.4, -0.2) is 38.3 Å². The first-order valence-corrected chi connectivity index (χ1v) is 7.84. The van der Waals surface area contributed by atoms with Gasteiger partial charge in [-0.3, -0.25) is 0 Å². The maximum absolute atomic E-state index is 3.57. The Balaban J connectivity index is 3.03. The van der Waals surface area contributed by atoms with E-state index in [-0.39, 0.29) is 0 Å². The van der Waals surface area contributed by atoms with Crippen LogP contribution < -0.4 is 16.0 Å². The third-order valence-corrected chi connectivity index (χ3v) is 3.08. The first kappa shape index (κ1) is 17.9. The van der Waals surface area contributed by atoms with Crippen molar-refractivity contribution in [3.63, 3.8) is 0 Å². The molecule has 3 nitrogen and oxygen atoms in total. The van der Waals surface area contributed by atoms with Gasteiger partial charge in [0, 0.05) is 12.1 Å². The first-order valence-electron chi connectivity index (χ1n) is 7.84. The first-order chi connectivity index (χ1) is 8.66. The van der Waals surface area contributed by atoms with Gasteiger partial charge in [-0.25, -0.2) is 0 Å². The van der Waals surface area contributed by atoms with Gasteiger partial charge in [0.1, 0.15) is 0 Å². The molecule has 0 aliphatic rings. The van der Waals surface area contributed by atoms with Crippen LogP contribution in [0.4, 0.5) is 0 Å². The zero-order valence-corrected chi connectivity index (χ0v) is 13.0. The topological polar surface area (TPSA) is 36.1 Å². The van der Waals surface area contributed by atoms with Crippen molar-refractivity contribution in [1.82, 2.24) is 16.0 Å². The minimum Gasteiger partial charge on any atom is -0.317 e. The molecule has 0 saturated heterocycles. The Bertz CT molecular complexity index is 160. The van der Waals surface area contributed by atoms with Crippen LogP contribution in [0.15, 0.2) is 0 Å². The van der Waals surface area contributed by atoms with E-state index >= 15 is 0 Å². The Labute approximate surface area is 114 Å². The van der Waals surface area contributed by atoms with Crippen LogP contribution in [0.2, 0.25) is 0 Å². The number of hydrogen-bond donors (Lipinski definition) is 3. The van der Waals surface area contributed by atoms with E-state index in [1.165, 1.54) is 32.1 Å². The minimum absolute atomic E-state index is 0.612. The lowest BCUT2D eigenvalue weighted by Crippen LogP contribution is -2.28. The molecule has 0 aliphatic heterocycles. The largest absolute Gasteiger partial charge is 0.317 e. The highest BCUT2D eigenvalue weighted by molar-refractivity contribution is 4.60. The van der Waals surface area contributed by atoms with Crippen molar-refractivity contribution in [1.29, 1.82) is 0 Å². The van der Waals surface area contributed by atoms with E-state index in [9.17, 15) is 0 Å². The quantitative estimate of drug-likeness (QED) is 0.444. The lowest BCUT2D eigenvalue weighted by atomic mass is 10.2. The molecule has 0 rings (SSSR count). The molecular weight excluding hydrogens is 222 g/mol. The monoisotopic (exact) mass is 257 g/mol. The molecule has 0 spiro atoms. The van der Waals surface area contributed by atoms with Crippen LogP contribution in [-0.2, 0) is 0 Å². The van der Waals surface area contributed by atoms with E-state index in [1.807, 2.05) is 0 Å². The van der Waals surface area contributed by atoms with Crippen LogP contribution in [0.5, 0.6) is 0 Å². The Morgan fingerprint density at radius 2 is 1.39 bits per heavy atom. The predicted octanol–water partition coefficient (Wildman–Crippen LogP) is 2.52. The Hall–Kier alpha value is -0.120. The smallest absolute Gasteiger partial charge is 0.00386 e. The molecule has 0 saturated carbocycles. The van der Waals surface area contributed by atoms with E-state index in [0.717, 1.165) is 26.2 Å². The molecular formula is C15H35N3. The van der Waals surface area contributed by atoms with Gasteiger partial charge >= 0.3 is 0 Å². The van der Waals surface area contributed by atoms with Crippen LogP contribution >= 0.6 is 0 Å². The van der Waals surface area contributed by atoms with Crippen molar-refractivity contribution in [2.24, 2.45) is 0 Å². The van der Waals surface area contributed by atoms with E-state index in [2.05, 4.69) is 43.6 Å². The molecule has 0 aromatic carbocycles. The lowest BCUT2D eigenvalue weighted by molar-refractivity contribution is 0.487. The van der Waals surface area contributed by atoms with Gasteiger partial charge in [-0.1, -0.05) is 27.2 Å². The van der Waals surface area contributed by atoms with Crippen molar-refractivity contribution in [2.75, 3.05) is 26.2 Å². The average Bonchev–Trinajstić information content (AvgIpc) is 2.31. The fourth-order valence-electron chi connectivity index (χ4n) is 1.99. The zero-order chi connectivity index (χ0) is 13.6. The molecule has 0 fully saturated rings. The summed E-state index contributed by atoms with van der Waals surface area (Å²) in [6.07, 6.45) is 6.36. The third kappa shape index (κ3) is 13.9. The van der Waals surface area contributed by atoms with Crippen LogP contribution in [0, 0.1) is 0 Å². The summed E-state index contributed by atoms with van der Waals surface area (Å²) in [7, 11) is 0. The number of unbranched alkanes of at least 4 members (excludes halogenated alkanes) is 1. The summed E-state index contributed by atoms with van der Waals surface area (Å²) in [6.45, 7) is 13.5. The number of rotatable bonds is 13. The summed E-state index contributed by atoms with van der Waals surface area (Å²) in [5.74, 6) is 0. The molecule has 0 radical (unpaired) electrons. The van der Waals surface area contributed by atoms with Gasteiger partial charge < -0.3 is 16.0 Å². The van der Waals surface area contributed by atoms with Crippen LogP contribution in [0.25, 0.3) is 0 Å². The molecule has 1 unspecified atom stereocenters. The molecule has 0 aromatic heterocycles. The summed E-state index contributed by atoms with van der Waals surface area (Å²) in [5.41, 5.74) is 0. The zero-order valence-electron chi connectivity index (χ0n) is 13.0. The third-order valence-electron chi connectivity index (χ3n) is 3.08. The van der Waals surface area contributed by atoms with E-state index in [1.54, 1.807) is 0 Å². The number of hydrogen-bond acceptors (Lipinski definition) is 3. The van der Waals surface area contributed by atoms with Gasteiger partial charge in [-0.15, -0.1) is 0 Å². The van der Waals surface area contributed by atoms with Gasteiger partial charge in [-0.2, -0.15) is 0 Å².